The maximum atomic E-state index is 6.54. The highest BCUT2D eigenvalue weighted by Crippen LogP contribution is 2.38. The molecule has 0 radical (unpaired) electrons. The van der Waals surface area contributed by atoms with Crippen LogP contribution in [0.15, 0.2) is 30.4 Å². The molecule has 6 heteroatoms. The van der Waals surface area contributed by atoms with E-state index in [0.29, 0.717) is 10.5 Å². The zero-order valence-electron chi connectivity index (χ0n) is 15.1. The first-order valence-corrected chi connectivity index (χ1v) is 11.2. The van der Waals surface area contributed by atoms with Crippen LogP contribution in [-0.4, -0.2) is 42.0 Å². The molecule has 0 saturated carbocycles. The number of piperidine rings is 1. The third-order valence-electron chi connectivity index (χ3n) is 4.60. The average molecular weight is 398 g/mol. The first-order valence-electron chi connectivity index (χ1n) is 9.11. The summed E-state index contributed by atoms with van der Waals surface area (Å²) in [5.41, 5.74) is 2.33. The highest BCUT2D eigenvalue weighted by Gasteiger charge is 2.20. The Morgan fingerprint density at radius 3 is 2.48 bits per heavy atom. The molecule has 2 atom stereocenters. The van der Waals surface area contributed by atoms with Gasteiger partial charge in [-0.15, -0.1) is 0 Å². The van der Waals surface area contributed by atoms with Crippen molar-refractivity contribution in [3.63, 3.8) is 0 Å². The van der Waals surface area contributed by atoms with Crippen LogP contribution in [0.2, 0.25) is 5.02 Å². The van der Waals surface area contributed by atoms with Crippen LogP contribution in [0.4, 0.5) is 11.4 Å². The number of anilines is 2. The van der Waals surface area contributed by atoms with E-state index >= 15 is 0 Å². The number of nitrogens with one attached hydrogen (secondary N) is 1. The summed E-state index contributed by atoms with van der Waals surface area (Å²) in [6.45, 7) is 2.21. The quantitative estimate of drug-likeness (QED) is 0.489. The van der Waals surface area contributed by atoms with Crippen LogP contribution in [0.1, 0.15) is 32.1 Å². The Balaban J connectivity index is 1.61. The van der Waals surface area contributed by atoms with E-state index < -0.39 is 0 Å². The number of rotatable bonds is 6. The number of nitrogens with zero attached hydrogens (tertiary/aromatic N) is 2. The van der Waals surface area contributed by atoms with E-state index in [0.717, 1.165) is 23.8 Å². The largest absolute Gasteiger partial charge is 0.369 e. The predicted molar refractivity (Wildman–Crippen MR) is 116 cm³/mol. The van der Waals surface area contributed by atoms with Gasteiger partial charge in [-0.1, -0.05) is 41.8 Å². The zero-order valence-corrected chi connectivity index (χ0v) is 17.5. The van der Waals surface area contributed by atoms with Crippen molar-refractivity contribution in [1.29, 1.82) is 0 Å². The molecule has 3 rings (SSSR count). The Bertz CT molecular complexity index is 588. The highest BCUT2D eigenvalue weighted by atomic mass is 35.5. The summed E-state index contributed by atoms with van der Waals surface area (Å²) in [6, 6.07) is 6.20. The van der Waals surface area contributed by atoms with Gasteiger partial charge in [0.2, 0.25) is 0 Å². The van der Waals surface area contributed by atoms with Crippen molar-refractivity contribution in [2.45, 2.75) is 42.6 Å². The Morgan fingerprint density at radius 1 is 1.08 bits per heavy atom. The molecule has 2 unspecified atom stereocenters. The second-order valence-corrected chi connectivity index (χ2v) is 9.86. The molecule has 2 aliphatic rings. The topological polar surface area (TPSA) is 18.5 Å². The van der Waals surface area contributed by atoms with Crippen molar-refractivity contribution in [3.8, 4) is 0 Å². The van der Waals surface area contributed by atoms with Crippen molar-refractivity contribution in [2.24, 2.45) is 0 Å². The van der Waals surface area contributed by atoms with E-state index in [9.17, 15) is 0 Å². The van der Waals surface area contributed by atoms with Crippen molar-refractivity contribution < 1.29 is 0 Å². The van der Waals surface area contributed by atoms with Crippen molar-refractivity contribution >= 4 is 46.9 Å². The number of hydrogen-bond acceptors (Lipinski definition) is 5. The fourth-order valence-corrected chi connectivity index (χ4v) is 5.51. The zero-order chi connectivity index (χ0) is 17.6. The van der Waals surface area contributed by atoms with E-state index in [1.54, 1.807) is 0 Å². The minimum absolute atomic E-state index is 0.521. The highest BCUT2D eigenvalue weighted by molar-refractivity contribution is 8.01. The normalized spacial score (nSPS) is 23.9. The maximum Gasteiger partial charge on any atom is 0.0799 e. The molecule has 1 aliphatic carbocycles. The van der Waals surface area contributed by atoms with Gasteiger partial charge in [0.05, 0.1) is 16.4 Å². The second kappa shape index (κ2) is 9.45. The van der Waals surface area contributed by atoms with Crippen molar-refractivity contribution in [3.05, 3.63) is 35.4 Å². The molecule has 0 aromatic heterocycles. The molecule has 138 valence electrons. The van der Waals surface area contributed by atoms with Crippen molar-refractivity contribution in [2.75, 3.05) is 36.8 Å². The van der Waals surface area contributed by atoms with Gasteiger partial charge in [0, 0.05) is 23.6 Å². The monoisotopic (exact) mass is 397 g/mol. The Labute approximate surface area is 165 Å². The molecule has 1 aromatic carbocycles. The molecule has 1 fully saturated rings. The molecule has 0 bridgehead atoms. The molecule has 1 saturated heterocycles. The van der Waals surface area contributed by atoms with Gasteiger partial charge in [0.15, 0.2) is 0 Å². The minimum atomic E-state index is 0.521. The SMILES string of the molecule is CN(C)SC1C=CC(SNc2cccc(Cl)c2N2CCCCC2)CC1. The molecule has 25 heavy (non-hydrogen) atoms. The summed E-state index contributed by atoms with van der Waals surface area (Å²) in [5, 5.41) is 1.99. The van der Waals surface area contributed by atoms with Crippen LogP contribution >= 0.6 is 35.5 Å². The second-order valence-electron chi connectivity index (χ2n) is 6.86. The van der Waals surface area contributed by atoms with Crippen molar-refractivity contribution in [1.82, 2.24) is 4.31 Å². The van der Waals surface area contributed by atoms with Crippen LogP contribution in [0.25, 0.3) is 0 Å². The lowest BCUT2D eigenvalue weighted by Crippen LogP contribution is -2.30. The van der Waals surface area contributed by atoms with Crippen LogP contribution in [0.5, 0.6) is 0 Å². The standard InChI is InChI=1S/C19H28ClN3S2/c1-22(2)25-16-11-9-15(10-12-16)24-21-18-8-6-7-17(20)19(18)23-13-4-3-5-14-23/h6-9,11,15-16,21H,3-5,10,12-14H2,1-2H3. The summed E-state index contributed by atoms with van der Waals surface area (Å²) >= 11 is 10.3. The van der Waals surface area contributed by atoms with Crippen LogP contribution < -0.4 is 9.62 Å². The number of hydrogen-bond donors (Lipinski definition) is 1. The van der Waals surface area contributed by atoms with Gasteiger partial charge in [-0.2, -0.15) is 0 Å². The summed E-state index contributed by atoms with van der Waals surface area (Å²) < 4.78 is 5.79. The van der Waals surface area contributed by atoms with Gasteiger partial charge in [-0.25, -0.2) is 0 Å². The van der Waals surface area contributed by atoms with Gasteiger partial charge < -0.3 is 9.62 Å². The molecule has 0 amide bonds. The van der Waals surface area contributed by atoms with Crippen LogP contribution in [0, 0.1) is 0 Å². The molecule has 1 aliphatic heterocycles. The number of halogens is 1. The number of para-hydroxylation sites is 1. The molecular formula is C19H28ClN3S2. The lowest BCUT2D eigenvalue weighted by Gasteiger charge is -2.32. The Morgan fingerprint density at radius 2 is 1.80 bits per heavy atom. The molecule has 0 spiro atoms. The lowest BCUT2D eigenvalue weighted by atomic mass is 10.1. The molecule has 1 N–H and O–H groups in total. The lowest BCUT2D eigenvalue weighted by molar-refractivity contribution is 0.578. The van der Waals surface area contributed by atoms with E-state index in [-0.39, 0.29) is 0 Å². The first-order chi connectivity index (χ1) is 12.1. The fraction of sp³-hybridized carbons (Fsp3) is 0.579. The Kier molecular flexibility index (Phi) is 7.28. The van der Waals surface area contributed by atoms with E-state index in [1.807, 2.05) is 36.0 Å². The molecular weight excluding hydrogens is 370 g/mol. The Hall–Kier alpha value is -0.490. The molecule has 1 aromatic rings. The summed E-state index contributed by atoms with van der Waals surface area (Å²) in [7, 11) is 4.23. The van der Waals surface area contributed by atoms with Gasteiger partial charge in [-0.05, 0) is 70.3 Å². The molecule has 3 nitrogen and oxygen atoms in total. The van der Waals surface area contributed by atoms with Gasteiger partial charge in [0.1, 0.15) is 0 Å². The minimum Gasteiger partial charge on any atom is -0.369 e. The smallest absolute Gasteiger partial charge is 0.0799 e. The van der Waals surface area contributed by atoms with Crippen LogP contribution in [-0.2, 0) is 0 Å². The summed E-state index contributed by atoms with van der Waals surface area (Å²) in [4.78, 5) is 2.44. The van der Waals surface area contributed by atoms with E-state index in [2.05, 4.69) is 46.2 Å². The maximum absolute atomic E-state index is 6.54. The van der Waals surface area contributed by atoms with E-state index in [4.69, 9.17) is 11.6 Å². The molecule has 1 heterocycles. The number of benzene rings is 1. The fourth-order valence-electron chi connectivity index (χ4n) is 3.40. The van der Waals surface area contributed by atoms with Gasteiger partial charge in [0.25, 0.3) is 0 Å². The predicted octanol–water partition coefficient (Wildman–Crippen LogP) is 5.69. The third kappa shape index (κ3) is 5.49. The van der Waals surface area contributed by atoms with Crippen LogP contribution in [0.3, 0.4) is 0 Å². The van der Waals surface area contributed by atoms with E-state index in [1.165, 1.54) is 37.8 Å². The summed E-state index contributed by atoms with van der Waals surface area (Å²) in [6.07, 6.45) is 11.0. The van der Waals surface area contributed by atoms with Gasteiger partial charge in [-0.3, -0.25) is 4.31 Å². The first kappa shape index (κ1) is 19.3. The summed E-state index contributed by atoms with van der Waals surface area (Å²) in [5.74, 6) is 0. The van der Waals surface area contributed by atoms with Gasteiger partial charge >= 0.3 is 0 Å². The third-order valence-corrected chi connectivity index (χ3v) is 7.03. The average Bonchev–Trinajstić information content (AvgIpc) is 2.61.